The van der Waals surface area contributed by atoms with E-state index >= 15 is 0 Å². The highest BCUT2D eigenvalue weighted by Crippen LogP contribution is 2.12. The zero-order chi connectivity index (χ0) is 12.7. The summed E-state index contributed by atoms with van der Waals surface area (Å²) in [7, 11) is 3.24. The number of nitrogens with one attached hydrogen (secondary N) is 1. The third-order valence-corrected chi connectivity index (χ3v) is 2.97. The van der Waals surface area contributed by atoms with Crippen molar-refractivity contribution in [3.63, 3.8) is 0 Å². The fourth-order valence-electron chi connectivity index (χ4n) is 1.95. The Balaban J connectivity index is 2.46. The number of amides is 1. The van der Waals surface area contributed by atoms with Gasteiger partial charge in [-0.2, -0.15) is 0 Å². The summed E-state index contributed by atoms with van der Waals surface area (Å²) in [6.07, 6.45) is 0.784. The predicted molar refractivity (Wildman–Crippen MR) is 62.7 cm³/mol. The minimum atomic E-state index is -0.205. The molecule has 2 N–H and O–H groups in total. The monoisotopic (exact) mass is 246 g/mol. The van der Waals surface area contributed by atoms with Gasteiger partial charge >= 0.3 is 0 Å². The van der Waals surface area contributed by atoms with Crippen LogP contribution in [-0.4, -0.2) is 75.1 Å². The molecule has 0 radical (unpaired) electrons. The van der Waals surface area contributed by atoms with Crippen molar-refractivity contribution >= 4 is 5.91 Å². The van der Waals surface area contributed by atoms with Crippen LogP contribution in [0.15, 0.2) is 0 Å². The van der Waals surface area contributed by atoms with Crippen LogP contribution in [0.25, 0.3) is 0 Å². The van der Waals surface area contributed by atoms with Crippen LogP contribution in [0.2, 0.25) is 0 Å². The molecule has 1 rings (SSSR count). The minimum absolute atomic E-state index is 0.00986. The van der Waals surface area contributed by atoms with Crippen molar-refractivity contribution in [2.45, 2.75) is 18.6 Å². The maximum atomic E-state index is 12.1. The van der Waals surface area contributed by atoms with Gasteiger partial charge in [0, 0.05) is 33.9 Å². The van der Waals surface area contributed by atoms with E-state index in [1.54, 1.807) is 19.1 Å². The molecule has 1 aliphatic heterocycles. The van der Waals surface area contributed by atoms with E-state index in [-0.39, 0.29) is 24.7 Å². The van der Waals surface area contributed by atoms with Gasteiger partial charge in [-0.05, 0) is 6.42 Å². The van der Waals surface area contributed by atoms with Gasteiger partial charge in [0.2, 0.25) is 5.91 Å². The lowest BCUT2D eigenvalue weighted by molar-refractivity contribution is -0.134. The number of hydrogen-bond donors (Lipinski definition) is 2. The average Bonchev–Trinajstić information content (AvgIpc) is 2.82. The first kappa shape index (κ1) is 14.4. The maximum absolute atomic E-state index is 12.1. The van der Waals surface area contributed by atoms with Crippen LogP contribution in [0.5, 0.6) is 0 Å². The number of nitrogens with zero attached hydrogens (tertiary/aromatic N) is 1. The first-order chi connectivity index (χ1) is 8.22. The van der Waals surface area contributed by atoms with E-state index < -0.39 is 0 Å². The smallest absolute Gasteiger partial charge is 0.239 e. The van der Waals surface area contributed by atoms with Crippen LogP contribution >= 0.6 is 0 Å². The number of hydrogen-bond acceptors (Lipinski definition) is 5. The van der Waals surface area contributed by atoms with Crippen LogP contribution in [0, 0.1) is 0 Å². The summed E-state index contributed by atoms with van der Waals surface area (Å²) in [4.78, 5) is 13.8. The van der Waals surface area contributed by atoms with Crippen molar-refractivity contribution in [3.8, 4) is 0 Å². The summed E-state index contributed by atoms with van der Waals surface area (Å²) in [5.41, 5.74) is 0. The lowest BCUT2D eigenvalue weighted by Gasteiger charge is -2.24. The molecule has 1 fully saturated rings. The second-order valence-corrected chi connectivity index (χ2v) is 4.10. The Morgan fingerprint density at radius 1 is 1.47 bits per heavy atom. The second kappa shape index (κ2) is 7.60. The molecule has 0 aliphatic carbocycles. The molecule has 6 heteroatoms. The molecule has 0 aromatic rings. The molecule has 0 aromatic heterocycles. The van der Waals surface area contributed by atoms with E-state index in [9.17, 15) is 4.79 Å². The number of aliphatic hydroxyl groups excluding tert-OH is 1. The normalized spacial score (nSPS) is 23.9. The highest BCUT2D eigenvalue weighted by Gasteiger charge is 2.31. The zero-order valence-electron chi connectivity index (χ0n) is 10.5. The first-order valence-electron chi connectivity index (χ1n) is 5.87. The van der Waals surface area contributed by atoms with Crippen molar-refractivity contribution in [2.75, 3.05) is 47.1 Å². The fraction of sp³-hybridized carbons (Fsp3) is 0.909. The molecule has 0 saturated carbocycles. The summed E-state index contributed by atoms with van der Waals surface area (Å²) in [6.45, 7) is 2.00. The number of carbonyl (C=O) groups is 1. The zero-order valence-corrected chi connectivity index (χ0v) is 10.5. The number of rotatable bonds is 7. The largest absolute Gasteiger partial charge is 0.395 e. The molecule has 0 spiro atoms. The Kier molecular flexibility index (Phi) is 6.43. The van der Waals surface area contributed by atoms with Gasteiger partial charge in [-0.25, -0.2) is 0 Å². The number of aliphatic hydroxyl groups is 1. The lowest BCUT2D eigenvalue weighted by atomic mass is 10.2. The minimum Gasteiger partial charge on any atom is -0.395 e. The Labute approximate surface area is 102 Å². The Morgan fingerprint density at radius 3 is 2.76 bits per heavy atom. The molecule has 1 heterocycles. The number of methoxy groups -OCH3 is 2. The Bertz CT molecular complexity index is 238. The SMILES string of the molecule is COCCN(CCO)C(=O)C1CC(OC)CN1. The summed E-state index contributed by atoms with van der Waals surface area (Å²) < 4.78 is 10.2. The second-order valence-electron chi connectivity index (χ2n) is 4.10. The van der Waals surface area contributed by atoms with Gasteiger partial charge in [0.05, 0.1) is 25.4 Å². The van der Waals surface area contributed by atoms with E-state index in [1.165, 1.54) is 0 Å². The highest BCUT2D eigenvalue weighted by atomic mass is 16.5. The first-order valence-corrected chi connectivity index (χ1v) is 5.87. The number of carbonyl (C=O) groups excluding carboxylic acids is 1. The summed E-state index contributed by atoms with van der Waals surface area (Å²) >= 11 is 0. The van der Waals surface area contributed by atoms with Crippen LogP contribution in [-0.2, 0) is 14.3 Å². The standard InChI is InChI=1S/C11H22N2O4/c1-16-6-4-13(3-5-14)11(15)10-7-9(17-2)8-12-10/h9-10,12,14H,3-8H2,1-2H3. The summed E-state index contributed by atoms with van der Waals surface area (Å²) in [6, 6.07) is -0.205. The van der Waals surface area contributed by atoms with Gasteiger partial charge in [-0.1, -0.05) is 0 Å². The van der Waals surface area contributed by atoms with Crippen molar-refractivity contribution in [3.05, 3.63) is 0 Å². The third kappa shape index (κ3) is 4.23. The molecule has 100 valence electrons. The Morgan fingerprint density at radius 2 is 2.24 bits per heavy atom. The van der Waals surface area contributed by atoms with Crippen molar-refractivity contribution < 1.29 is 19.4 Å². The van der Waals surface area contributed by atoms with Gasteiger partial charge in [0.1, 0.15) is 0 Å². The van der Waals surface area contributed by atoms with Gasteiger partial charge < -0.3 is 24.8 Å². The molecule has 17 heavy (non-hydrogen) atoms. The molecule has 0 bridgehead atoms. The topological polar surface area (TPSA) is 71.0 Å². The summed E-state index contributed by atoms with van der Waals surface area (Å²) in [5, 5.41) is 12.1. The molecular weight excluding hydrogens is 224 g/mol. The summed E-state index contributed by atoms with van der Waals surface area (Å²) in [5.74, 6) is 0.00986. The van der Waals surface area contributed by atoms with E-state index in [1.807, 2.05) is 0 Å². The van der Waals surface area contributed by atoms with E-state index in [2.05, 4.69) is 5.32 Å². The Hall–Kier alpha value is -0.690. The van der Waals surface area contributed by atoms with Gasteiger partial charge in [-0.3, -0.25) is 4.79 Å². The quantitative estimate of drug-likeness (QED) is 0.592. The van der Waals surface area contributed by atoms with Gasteiger partial charge in [0.25, 0.3) is 0 Å². The predicted octanol–water partition coefficient (Wildman–Crippen LogP) is -1.17. The van der Waals surface area contributed by atoms with Crippen molar-refractivity contribution in [2.24, 2.45) is 0 Å². The van der Waals surface area contributed by atoms with Crippen LogP contribution < -0.4 is 5.32 Å². The molecular formula is C11H22N2O4. The average molecular weight is 246 g/mol. The van der Waals surface area contributed by atoms with Crippen molar-refractivity contribution in [1.29, 1.82) is 0 Å². The van der Waals surface area contributed by atoms with E-state index in [0.717, 1.165) is 0 Å². The maximum Gasteiger partial charge on any atom is 0.239 e. The molecule has 2 unspecified atom stereocenters. The van der Waals surface area contributed by atoms with Crippen molar-refractivity contribution in [1.82, 2.24) is 10.2 Å². The fourth-order valence-corrected chi connectivity index (χ4v) is 1.95. The van der Waals surface area contributed by atoms with Gasteiger partial charge in [0.15, 0.2) is 0 Å². The van der Waals surface area contributed by atoms with Gasteiger partial charge in [-0.15, -0.1) is 0 Å². The third-order valence-electron chi connectivity index (χ3n) is 2.97. The molecule has 2 atom stereocenters. The van der Waals surface area contributed by atoms with Crippen LogP contribution in [0.3, 0.4) is 0 Å². The molecule has 1 aliphatic rings. The highest BCUT2D eigenvalue weighted by molar-refractivity contribution is 5.82. The molecule has 6 nitrogen and oxygen atoms in total. The van der Waals surface area contributed by atoms with Crippen LogP contribution in [0.4, 0.5) is 0 Å². The molecule has 0 aromatic carbocycles. The van der Waals surface area contributed by atoms with E-state index in [0.29, 0.717) is 32.7 Å². The van der Waals surface area contributed by atoms with E-state index in [4.69, 9.17) is 14.6 Å². The molecule has 1 amide bonds. The lowest BCUT2D eigenvalue weighted by Crippen LogP contribution is -2.46. The molecule has 1 saturated heterocycles. The number of ether oxygens (including phenoxy) is 2. The van der Waals surface area contributed by atoms with Crippen LogP contribution in [0.1, 0.15) is 6.42 Å².